The number of rotatable bonds is 1. The van der Waals surface area contributed by atoms with Crippen molar-refractivity contribution in [2.24, 2.45) is 0 Å². The van der Waals surface area contributed by atoms with Crippen LogP contribution in [0.1, 0.15) is 43.8 Å². The molecule has 3 rings (SSSR count). The fourth-order valence-electron chi connectivity index (χ4n) is 3.06. The lowest BCUT2D eigenvalue weighted by atomic mass is 9.95. The highest BCUT2D eigenvalue weighted by atomic mass is 35.5. The van der Waals surface area contributed by atoms with Crippen LogP contribution in [0, 0.1) is 6.92 Å². The van der Waals surface area contributed by atoms with E-state index in [4.69, 9.17) is 11.6 Å². The van der Waals surface area contributed by atoms with Crippen LogP contribution in [0.2, 0.25) is 5.02 Å². The zero-order valence-corrected chi connectivity index (χ0v) is 11.8. The van der Waals surface area contributed by atoms with Gasteiger partial charge in [-0.15, -0.1) is 0 Å². The summed E-state index contributed by atoms with van der Waals surface area (Å²) in [4.78, 5) is 16.4. The van der Waals surface area contributed by atoms with Crippen molar-refractivity contribution >= 4 is 22.5 Å². The molecule has 19 heavy (non-hydrogen) atoms. The molecule has 0 unspecified atom stereocenters. The molecule has 0 atom stereocenters. The third kappa shape index (κ3) is 2.27. The minimum atomic E-state index is -0.140. The first-order valence-corrected chi connectivity index (χ1v) is 7.23. The van der Waals surface area contributed by atoms with E-state index in [0.29, 0.717) is 5.02 Å². The van der Waals surface area contributed by atoms with Crippen molar-refractivity contribution in [3.05, 3.63) is 39.4 Å². The molecular weight excluding hydrogens is 260 g/mol. The number of halogens is 1. The Bertz CT molecular complexity index is 672. The molecule has 100 valence electrons. The molecular formula is C15H17ClN2O. The Morgan fingerprint density at radius 2 is 2.00 bits per heavy atom. The van der Waals surface area contributed by atoms with Gasteiger partial charge in [-0.25, -0.2) is 4.79 Å². The number of hydrogen-bond donors (Lipinski definition) is 0. The number of benzene rings is 1. The van der Waals surface area contributed by atoms with Crippen molar-refractivity contribution in [3.8, 4) is 0 Å². The Balaban J connectivity index is 2.27. The highest BCUT2D eigenvalue weighted by Crippen LogP contribution is 2.30. The zero-order valence-electron chi connectivity index (χ0n) is 11.0. The van der Waals surface area contributed by atoms with Crippen molar-refractivity contribution in [2.45, 2.75) is 45.1 Å². The molecule has 2 aromatic rings. The molecule has 0 aliphatic heterocycles. The van der Waals surface area contributed by atoms with E-state index in [0.717, 1.165) is 29.4 Å². The monoisotopic (exact) mass is 276 g/mol. The SMILES string of the molecule is Cc1nc(=O)n(C2CCCCC2)c2cc(Cl)ccc12. The summed E-state index contributed by atoms with van der Waals surface area (Å²) in [6.45, 7) is 1.88. The molecule has 1 aliphatic carbocycles. The van der Waals surface area contributed by atoms with E-state index in [9.17, 15) is 4.79 Å². The van der Waals surface area contributed by atoms with Crippen LogP contribution in [-0.2, 0) is 0 Å². The summed E-state index contributed by atoms with van der Waals surface area (Å²) in [6.07, 6.45) is 5.77. The summed E-state index contributed by atoms with van der Waals surface area (Å²) < 4.78 is 1.85. The molecule has 0 radical (unpaired) electrons. The highest BCUT2D eigenvalue weighted by Gasteiger charge is 2.19. The molecule has 1 aliphatic rings. The predicted octanol–water partition coefficient (Wildman–Crippen LogP) is 3.86. The molecule has 0 bridgehead atoms. The summed E-state index contributed by atoms with van der Waals surface area (Å²) in [5, 5.41) is 1.69. The van der Waals surface area contributed by atoms with Crippen molar-refractivity contribution in [3.63, 3.8) is 0 Å². The highest BCUT2D eigenvalue weighted by molar-refractivity contribution is 6.31. The Morgan fingerprint density at radius 1 is 1.26 bits per heavy atom. The van der Waals surface area contributed by atoms with E-state index in [1.807, 2.05) is 29.7 Å². The lowest BCUT2D eigenvalue weighted by molar-refractivity contribution is 0.350. The second-order valence-electron chi connectivity index (χ2n) is 5.30. The van der Waals surface area contributed by atoms with E-state index in [-0.39, 0.29) is 11.7 Å². The van der Waals surface area contributed by atoms with Gasteiger partial charge in [0.1, 0.15) is 0 Å². The Kier molecular flexibility index (Phi) is 3.31. The van der Waals surface area contributed by atoms with E-state index >= 15 is 0 Å². The van der Waals surface area contributed by atoms with E-state index in [2.05, 4.69) is 4.98 Å². The van der Waals surface area contributed by atoms with E-state index in [1.54, 1.807) is 0 Å². The molecule has 0 saturated heterocycles. The van der Waals surface area contributed by atoms with Gasteiger partial charge in [-0.3, -0.25) is 4.57 Å². The van der Waals surface area contributed by atoms with Crippen LogP contribution in [-0.4, -0.2) is 9.55 Å². The molecule has 1 aromatic heterocycles. The van der Waals surface area contributed by atoms with Crippen LogP contribution < -0.4 is 5.69 Å². The average molecular weight is 277 g/mol. The van der Waals surface area contributed by atoms with Gasteiger partial charge in [-0.05, 0) is 38.0 Å². The normalized spacial score (nSPS) is 16.9. The largest absolute Gasteiger partial charge is 0.348 e. The third-order valence-corrected chi connectivity index (χ3v) is 4.25. The van der Waals surface area contributed by atoms with Crippen LogP contribution in [0.3, 0.4) is 0 Å². The van der Waals surface area contributed by atoms with Crippen molar-refractivity contribution in [1.29, 1.82) is 0 Å². The first kappa shape index (κ1) is 12.7. The lowest BCUT2D eigenvalue weighted by Gasteiger charge is -2.25. The molecule has 1 aromatic carbocycles. The molecule has 0 spiro atoms. The second kappa shape index (κ2) is 4.97. The summed E-state index contributed by atoms with van der Waals surface area (Å²) in [5.41, 5.74) is 1.57. The predicted molar refractivity (Wildman–Crippen MR) is 77.9 cm³/mol. The van der Waals surface area contributed by atoms with Crippen molar-refractivity contribution < 1.29 is 0 Å². The van der Waals surface area contributed by atoms with Gasteiger partial charge in [0.05, 0.1) is 11.2 Å². The fraction of sp³-hybridized carbons (Fsp3) is 0.467. The topological polar surface area (TPSA) is 34.9 Å². The van der Waals surface area contributed by atoms with Crippen molar-refractivity contribution in [2.75, 3.05) is 0 Å². The maximum atomic E-state index is 12.3. The average Bonchev–Trinajstić information content (AvgIpc) is 2.39. The molecule has 1 fully saturated rings. The quantitative estimate of drug-likeness (QED) is 0.793. The maximum Gasteiger partial charge on any atom is 0.348 e. The number of aromatic nitrogens is 2. The van der Waals surface area contributed by atoms with Crippen LogP contribution >= 0.6 is 11.6 Å². The van der Waals surface area contributed by atoms with Gasteiger partial charge in [0, 0.05) is 16.5 Å². The van der Waals surface area contributed by atoms with Crippen LogP contribution in [0.25, 0.3) is 10.9 Å². The summed E-state index contributed by atoms with van der Waals surface area (Å²) in [7, 11) is 0. The smallest absolute Gasteiger partial charge is 0.289 e. The Hall–Kier alpha value is -1.35. The second-order valence-corrected chi connectivity index (χ2v) is 5.74. The fourth-order valence-corrected chi connectivity index (χ4v) is 3.23. The van der Waals surface area contributed by atoms with E-state index < -0.39 is 0 Å². The van der Waals surface area contributed by atoms with Gasteiger partial charge in [0.15, 0.2) is 0 Å². The molecule has 4 heteroatoms. The number of aryl methyl sites for hydroxylation is 1. The number of nitrogens with zero attached hydrogens (tertiary/aromatic N) is 2. The number of fused-ring (bicyclic) bond motifs is 1. The van der Waals surface area contributed by atoms with Gasteiger partial charge >= 0.3 is 5.69 Å². The summed E-state index contributed by atoms with van der Waals surface area (Å²) >= 11 is 6.10. The minimum Gasteiger partial charge on any atom is -0.289 e. The molecule has 1 saturated carbocycles. The lowest BCUT2D eigenvalue weighted by Crippen LogP contribution is -2.29. The van der Waals surface area contributed by atoms with Crippen LogP contribution in [0.4, 0.5) is 0 Å². The molecule has 1 heterocycles. The van der Waals surface area contributed by atoms with Gasteiger partial charge in [-0.1, -0.05) is 30.9 Å². The van der Waals surface area contributed by atoms with Gasteiger partial charge in [0.2, 0.25) is 0 Å². The number of hydrogen-bond acceptors (Lipinski definition) is 2. The van der Waals surface area contributed by atoms with Gasteiger partial charge in [0.25, 0.3) is 0 Å². The molecule has 0 N–H and O–H groups in total. The molecule has 3 nitrogen and oxygen atoms in total. The van der Waals surface area contributed by atoms with Crippen LogP contribution in [0.5, 0.6) is 0 Å². The first-order valence-electron chi connectivity index (χ1n) is 6.85. The zero-order chi connectivity index (χ0) is 13.4. The summed E-state index contributed by atoms with van der Waals surface area (Å²) in [6, 6.07) is 5.98. The maximum absolute atomic E-state index is 12.3. The Morgan fingerprint density at radius 3 is 2.74 bits per heavy atom. The Labute approximate surface area is 117 Å². The standard InChI is InChI=1S/C15H17ClN2O/c1-10-13-8-7-11(16)9-14(13)18(15(19)17-10)12-5-3-2-4-6-12/h7-9,12H,2-6H2,1H3. The minimum absolute atomic E-state index is 0.140. The van der Waals surface area contributed by atoms with Gasteiger partial charge in [-0.2, -0.15) is 4.98 Å². The van der Waals surface area contributed by atoms with Crippen LogP contribution in [0.15, 0.2) is 23.0 Å². The van der Waals surface area contributed by atoms with E-state index in [1.165, 1.54) is 19.3 Å². The van der Waals surface area contributed by atoms with Crippen molar-refractivity contribution in [1.82, 2.24) is 9.55 Å². The third-order valence-electron chi connectivity index (χ3n) is 4.02. The summed E-state index contributed by atoms with van der Waals surface area (Å²) in [5.74, 6) is 0. The van der Waals surface area contributed by atoms with Gasteiger partial charge < -0.3 is 0 Å². The first-order chi connectivity index (χ1) is 9.16. The molecule has 0 amide bonds.